The zero-order valence-electron chi connectivity index (χ0n) is 40.6. The number of amides is 1. The summed E-state index contributed by atoms with van der Waals surface area (Å²) in [5.74, 6) is -4.31. The molecular weight excluding hydrogens is 877 g/mol. The monoisotopic (exact) mass is 949 g/mol. The zero-order chi connectivity index (χ0) is 48.1. The molecule has 6 rings (SSSR count). The van der Waals surface area contributed by atoms with Crippen LogP contribution in [-0.2, 0) is 70.1 Å². The van der Waals surface area contributed by atoms with Gasteiger partial charge in [0.2, 0.25) is 0 Å². The Labute approximate surface area is 400 Å². The molecule has 0 bridgehead atoms. The van der Waals surface area contributed by atoms with E-state index in [1.165, 1.54) is 14.0 Å². The first-order valence-electron chi connectivity index (χ1n) is 24.1. The second-order valence-electron chi connectivity index (χ2n) is 19.1. The third-order valence-electron chi connectivity index (χ3n) is 13.6. The normalized spacial score (nSPS) is 32.2. The van der Waals surface area contributed by atoms with Crippen LogP contribution in [0.2, 0.25) is 0 Å². The van der Waals surface area contributed by atoms with Gasteiger partial charge in [-0.3, -0.25) is 0 Å². The van der Waals surface area contributed by atoms with E-state index in [0.29, 0.717) is 19.5 Å². The summed E-state index contributed by atoms with van der Waals surface area (Å²) in [5, 5.41) is 3.79. The van der Waals surface area contributed by atoms with Crippen molar-refractivity contribution in [3.05, 3.63) is 71.8 Å². The van der Waals surface area contributed by atoms with Crippen LogP contribution in [0.3, 0.4) is 0 Å². The van der Waals surface area contributed by atoms with Crippen molar-refractivity contribution in [2.45, 2.75) is 173 Å². The maximum absolute atomic E-state index is 13.9. The summed E-state index contributed by atoms with van der Waals surface area (Å²) in [5.41, 5.74) is 1.88. The van der Waals surface area contributed by atoms with E-state index < -0.39 is 54.2 Å². The Morgan fingerprint density at radius 1 is 0.985 bits per heavy atom. The standard InChI is InChI=1S/C49H72B2N2O13P/c1-9-31(2)41-44(67-51-50-57)33(4)42(62-34(5)54)45(64-41)63-40-32(3)26-49(46(55)58-8,66-43(40)39-30-61-48(6,7)65-39)60-25-17-24-37-22-16-23-38(52-37)28-53(27-35-18-12-10-13-19-35)47(56)59-29-36-20-14-11-15-21-36/h10-15,18-21,31-33,37-45,52,67H,9,16-17,22-30H2,1-8H3/t31-,32+,33+,37?,38?,39+,40+,41?,42?,43?,44-,45-,49+/m0/s1. The van der Waals surface area contributed by atoms with Gasteiger partial charge in [-0.25, -0.2) is 9.59 Å². The van der Waals surface area contributed by atoms with Gasteiger partial charge >= 0.3 is 209 Å². The first-order valence-corrected chi connectivity index (χ1v) is 25.3. The Morgan fingerprint density at radius 2 is 1.69 bits per heavy atom. The van der Waals surface area contributed by atoms with Crippen LogP contribution in [0.5, 0.6) is 0 Å². The van der Waals surface area contributed by atoms with Gasteiger partial charge in [0.05, 0.1) is 13.7 Å². The molecule has 15 nitrogen and oxygen atoms in total. The number of carbonyl (C=O) groups excluding carboxylic acids is 3. The predicted molar refractivity (Wildman–Crippen MR) is 254 cm³/mol. The summed E-state index contributed by atoms with van der Waals surface area (Å²) in [7, 11) is 2.28. The topological polar surface area (TPSA) is 167 Å². The Morgan fingerprint density at radius 3 is 2.33 bits per heavy atom. The Balaban J connectivity index is 1.13. The van der Waals surface area contributed by atoms with Crippen molar-refractivity contribution in [3.63, 3.8) is 0 Å². The Bertz CT molecular complexity index is 1890. The minimum absolute atomic E-state index is 0.0604. The van der Waals surface area contributed by atoms with Crippen molar-refractivity contribution in [1.82, 2.24) is 10.2 Å². The van der Waals surface area contributed by atoms with Crippen LogP contribution < -0.4 is 5.32 Å². The van der Waals surface area contributed by atoms with E-state index in [-0.39, 0.29) is 82.4 Å². The third kappa shape index (κ3) is 14.4. The molecule has 4 heterocycles. The summed E-state index contributed by atoms with van der Waals surface area (Å²) in [6.45, 7) is 16.3. The summed E-state index contributed by atoms with van der Waals surface area (Å²) >= 11 is 0. The van der Waals surface area contributed by atoms with Crippen molar-refractivity contribution in [2.24, 2.45) is 17.8 Å². The molecule has 0 spiro atoms. The molecule has 18 heteroatoms. The zero-order valence-corrected chi connectivity index (χ0v) is 41.6. The van der Waals surface area contributed by atoms with Crippen molar-refractivity contribution in [3.8, 4) is 0 Å². The van der Waals surface area contributed by atoms with Crippen LogP contribution in [-0.4, -0.2) is 130 Å². The second kappa shape index (κ2) is 25.0. The Hall–Kier alpha value is -3.27. The third-order valence-corrected chi connectivity index (χ3v) is 15.1. The molecule has 367 valence electrons. The molecule has 0 saturated carbocycles. The number of methoxy groups -OCH3 is 1. The van der Waals surface area contributed by atoms with Gasteiger partial charge in [-0.05, 0) is 50.7 Å². The minimum atomic E-state index is -1.78. The van der Waals surface area contributed by atoms with E-state index in [0.717, 1.165) is 50.3 Å². The summed E-state index contributed by atoms with van der Waals surface area (Å²) in [6, 6.07) is 19.8. The van der Waals surface area contributed by atoms with Crippen molar-refractivity contribution in [2.75, 3.05) is 26.9 Å². The molecule has 4 aliphatic heterocycles. The molecule has 1 amide bonds. The first kappa shape index (κ1) is 53.1. The maximum atomic E-state index is 13.9. The fourth-order valence-electron chi connectivity index (χ4n) is 9.95. The molecule has 2 aromatic rings. The van der Waals surface area contributed by atoms with Crippen LogP contribution in [0.15, 0.2) is 60.7 Å². The van der Waals surface area contributed by atoms with Crippen LogP contribution in [0.1, 0.15) is 105 Å². The van der Waals surface area contributed by atoms with Crippen LogP contribution in [0.25, 0.3) is 0 Å². The number of benzene rings is 2. The van der Waals surface area contributed by atoms with Crippen molar-refractivity contribution in [1.29, 1.82) is 0 Å². The van der Waals surface area contributed by atoms with Gasteiger partial charge < -0.3 is 19.7 Å². The van der Waals surface area contributed by atoms with Crippen LogP contribution in [0.4, 0.5) is 4.79 Å². The quantitative estimate of drug-likeness (QED) is 0.0450. The number of esters is 2. The van der Waals surface area contributed by atoms with Crippen molar-refractivity contribution >= 4 is 40.4 Å². The van der Waals surface area contributed by atoms with Crippen molar-refractivity contribution < 1.29 is 61.7 Å². The average Bonchev–Trinajstić information content (AvgIpc) is 3.69. The molecule has 14 atom stereocenters. The number of carbonyl (C=O) groups is 3. The number of hydrogen-bond acceptors (Lipinski definition) is 14. The van der Waals surface area contributed by atoms with E-state index >= 15 is 0 Å². The molecule has 0 aliphatic carbocycles. The van der Waals surface area contributed by atoms with Gasteiger partial charge in [-0.1, -0.05) is 67.1 Å². The summed E-state index contributed by atoms with van der Waals surface area (Å²) < 4.78 is 68.1. The molecule has 4 fully saturated rings. The fraction of sp³-hybridized carbons (Fsp3) is 0.694. The molecular formula is C49H72B2N2O13P. The van der Waals surface area contributed by atoms with Gasteiger partial charge in [0.1, 0.15) is 6.61 Å². The predicted octanol–water partition coefficient (Wildman–Crippen LogP) is 6.93. The molecule has 4 aliphatic rings. The van der Waals surface area contributed by atoms with Gasteiger partial charge in [-0.2, -0.15) is 0 Å². The molecule has 6 unspecified atom stereocenters. The van der Waals surface area contributed by atoms with Gasteiger partial charge in [0, 0.05) is 25.2 Å². The van der Waals surface area contributed by atoms with Gasteiger partial charge in [-0.15, -0.1) is 0 Å². The molecule has 4 saturated heterocycles. The average molecular weight is 950 g/mol. The van der Waals surface area contributed by atoms with E-state index in [1.54, 1.807) is 11.8 Å². The molecule has 67 heavy (non-hydrogen) atoms. The number of nitrogens with zero attached hydrogens (tertiary/aromatic N) is 1. The van der Waals surface area contributed by atoms with Gasteiger partial charge in [0.25, 0.3) is 0 Å². The summed E-state index contributed by atoms with van der Waals surface area (Å²) in [4.78, 5) is 41.8. The van der Waals surface area contributed by atoms with E-state index in [1.807, 2.05) is 88.4 Å². The van der Waals surface area contributed by atoms with E-state index in [4.69, 9.17) is 42.6 Å². The SMILES string of the molecule is CC[C@H](C)C1O[C@H](O[C@H]2C([C@H]3COC(C)(C)O3)O[C@@](OCCCC3CCCC(CN(Cc4ccccc4)C(=O)OCc4ccccc4)N3)(C(=O)OC)C[C@H]2C)C(OC(C)=O)[C@@H](C)[C@@H]1P[B]B=O. The second-order valence-corrected chi connectivity index (χ2v) is 20.5. The molecule has 1 N–H and O–H groups in total. The van der Waals surface area contributed by atoms with E-state index in [9.17, 15) is 19.1 Å². The molecule has 0 aromatic heterocycles. The number of ether oxygens (including phenoxy) is 9. The number of nitrogens with one attached hydrogen (secondary N) is 1. The van der Waals surface area contributed by atoms with E-state index in [2.05, 4.69) is 19.2 Å². The van der Waals surface area contributed by atoms with Gasteiger partial charge in [0.15, 0.2) is 0 Å². The van der Waals surface area contributed by atoms with Crippen LogP contribution in [0, 0.1) is 17.8 Å². The fourth-order valence-corrected chi connectivity index (χ4v) is 11.3. The number of rotatable bonds is 21. The molecule has 2 aromatic carbocycles. The van der Waals surface area contributed by atoms with Crippen LogP contribution >= 0.6 is 8.46 Å². The first-order chi connectivity index (χ1) is 32.2. The number of hydrogen-bond donors (Lipinski definition) is 1. The number of piperidine rings is 1. The molecule has 1 radical (unpaired) electrons. The Kier molecular flexibility index (Phi) is 19.8. The summed E-state index contributed by atoms with van der Waals surface area (Å²) in [6.07, 6.45) is 0.534.